The fourth-order valence-electron chi connectivity index (χ4n) is 3.08. The van der Waals surface area contributed by atoms with E-state index in [2.05, 4.69) is 25.6 Å². The molecule has 8 nitrogen and oxygen atoms in total. The first-order valence-electron chi connectivity index (χ1n) is 8.74. The molecule has 0 aliphatic carbocycles. The van der Waals surface area contributed by atoms with E-state index in [1.807, 2.05) is 24.3 Å². The number of halogens is 1. The smallest absolute Gasteiger partial charge is 0.184 e. The van der Waals surface area contributed by atoms with Crippen LogP contribution in [-0.2, 0) is 11.3 Å². The van der Waals surface area contributed by atoms with Crippen molar-refractivity contribution in [2.45, 2.75) is 6.54 Å². The highest BCUT2D eigenvalue weighted by molar-refractivity contribution is 6.31. The van der Waals surface area contributed by atoms with Gasteiger partial charge in [-0.1, -0.05) is 35.0 Å². The van der Waals surface area contributed by atoms with E-state index in [4.69, 9.17) is 16.3 Å². The zero-order chi connectivity index (χ0) is 17.8. The van der Waals surface area contributed by atoms with E-state index in [0.717, 1.165) is 45.0 Å². The Bertz CT molecular complexity index is 878. The third-order valence-electron chi connectivity index (χ3n) is 4.55. The highest BCUT2D eigenvalue weighted by Crippen LogP contribution is 2.19. The molecule has 0 unspecified atom stereocenters. The van der Waals surface area contributed by atoms with Crippen molar-refractivity contribution in [3.05, 3.63) is 41.2 Å². The number of aromatic nitrogens is 5. The van der Waals surface area contributed by atoms with Gasteiger partial charge in [0.1, 0.15) is 19.4 Å². The molecule has 0 amide bonds. The highest BCUT2D eigenvalue weighted by atomic mass is 35.5. The lowest BCUT2D eigenvalue weighted by atomic mass is 10.2. The molecule has 9 heteroatoms. The lowest BCUT2D eigenvalue weighted by Gasteiger charge is -2.23. The molecule has 0 spiro atoms. The highest BCUT2D eigenvalue weighted by Gasteiger charge is 2.15. The number of hydrogen-bond donors (Lipinski definition) is 2. The van der Waals surface area contributed by atoms with E-state index in [9.17, 15) is 0 Å². The summed E-state index contributed by atoms with van der Waals surface area (Å²) in [5.74, 6) is 0.716. The Morgan fingerprint density at radius 3 is 2.88 bits per heavy atom. The van der Waals surface area contributed by atoms with Crippen molar-refractivity contribution in [1.82, 2.24) is 25.0 Å². The summed E-state index contributed by atoms with van der Waals surface area (Å²) in [7, 11) is 0. The molecule has 0 saturated carbocycles. The normalized spacial score (nSPS) is 15.4. The Kier molecular flexibility index (Phi) is 5.24. The number of ether oxygens (including phenoxy) is 1. The van der Waals surface area contributed by atoms with Crippen molar-refractivity contribution in [2.75, 3.05) is 44.7 Å². The second-order valence-electron chi connectivity index (χ2n) is 6.27. The van der Waals surface area contributed by atoms with E-state index in [0.29, 0.717) is 28.5 Å². The second-order valence-corrected chi connectivity index (χ2v) is 6.68. The number of nitrogens with zero attached hydrogens (tertiary/aromatic N) is 5. The quantitative estimate of drug-likeness (QED) is 0.643. The first-order valence-corrected chi connectivity index (χ1v) is 9.12. The number of nitrogens with one attached hydrogen (secondary N) is 2. The van der Waals surface area contributed by atoms with Crippen LogP contribution >= 0.6 is 11.6 Å². The lowest BCUT2D eigenvalue weighted by molar-refractivity contribution is -0.906. The van der Waals surface area contributed by atoms with Crippen LogP contribution in [0.25, 0.3) is 11.2 Å². The van der Waals surface area contributed by atoms with Gasteiger partial charge in [-0.15, -0.1) is 5.10 Å². The van der Waals surface area contributed by atoms with Crippen LogP contribution in [0.1, 0.15) is 5.56 Å². The number of anilines is 1. The Labute approximate surface area is 156 Å². The maximum atomic E-state index is 6.25. The van der Waals surface area contributed by atoms with Gasteiger partial charge in [-0.25, -0.2) is 14.6 Å². The SMILES string of the molecule is Clc1ccccc1Cn1nnc2c(NCC[NH+]3CCOCC3)ncnc21. The predicted molar refractivity (Wildman–Crippen MR) is 98.5 cm³/mol. The zero-order valence-corrected chi connectivity index (χ0v) is 15.1. The maximum Gasteiger partial charge on any atom is 0.184 e. The fraction of sp³-hybridized carbons (Fsp3) is 0.412. The monoisotopic (exact) mass is 374 g/mol. The molecular formula is C17H21ClN7O+. The van der Waals surface area contributed by atoms with Crippen LogP contribution in [0.15, 0.2) is 30.6 Å². The Morgan fingerprint density at radius 1 is 1.19 bits per heavy atom. The minimum atomic E-state index is 0.518. The average molecular weight is 375 g/mol. The second kappa shape index (κ2) is 7.94. The van der Waals surface area contributed by atoms with Crippen molar-refractivity contribution in [3.8, 4) is 0 Å². The summed E-state index contributed by atoms with van der Waals surface area (Å²) in [5, 5.41) is 12.6. The summed E-state index contributed by atoms with van der Waals surface area (Å²) in [6.07, 6.45) is 1.54. The Morgan fingerprint density at radius 2 is 2.04 bits per heavy atom. The van der Waals surface area contributed by atoms with Crippen molar-refractivity contribution >= 4 is 28.6 Å². The summed E-state index contributed by atoms with van der Waals surface area (Å²) in [6.45, 7) is 6.13. The molecule has 3 heterocycles. The maximum absolute atomic E-state index is 6.25. The van der Waals surface area contributed by atoms with Crippen molar-refractivity contribution in [3.63, 3.8) is 0 Å². The number of benzene rings is 1. The average Bonchev–Trinajstić information content (AvgIpc) is 3.08. The molecule has 2 aromatic heterocycles. The van der Waals surface area contributed by atoms with Crippen LogP contribution in [0.5, 0.6) is 0 Å². The van der Waals surface area contributed by atoms with E-state index < -0.39 is 0 Å². The minimum absolute atomic E-state index is 0.518. The Balaban J connectivity index is 1.47. The number of rotatable bonds is 6. The van der Waals surface area contributed by atoms with E-state index in [1.165, 1.54) is 4.90 Å². The van der Waals surface area contributed by atoms with Gasteiger partial charge < -0.3 is 15.0 Å². The summed E-state index contributed by atoms with van der Waals surface area (Å²) < 4.78 is 7.14. The molecule has 4 rings (SSSR count). The van der Waals surface area contributed by atoms with E-state index in [1.54, 1.807) is 11.0 Å². The summed E-state index contributed by atoms with van der Waals surface area (Å²) >= 11 is 6.25. The summed E-state index contributed by atoms with van der Waals surface area (Å²) in [5.41, 5.74) is 2.35. The van der Waals surface area contributed by atoms with Gasteiger partial charge in [-0.05, 0) is 11.6 Å². The summed E-state index contributed by atoms with van der Waals surface area (Å²) in [4.78, 5) is 10.2. The van der Waals surface area contributed by atoms with E-state index in [-0.39, 0.29) is 0 Å². The van der Waals surface area contributed by atoms with Gasteiger partial charge in [0, 0.05) is 5.02 Å². The Hall–Kier alpha value is -2.29. The fourth-order valence-corrected chi connectivity index (χ4v) is 3.28. The van der Waals surface area contributed by atoms with E-state index >= 15 is 0 Å². The molecule has 1 aromatic carbocycles. The molecule has 26 heavy (non-hydrogen) atoms. The van der Waals surface area contributed by atoms with Crippen LogP contribution < -0.4 is 10.2 Å². The number of fused-ring (bicyclic) bond motifs is 1. The van der Waals surface area contributed by atoms with Gasteiger partial charge >= 0.3 is 0 Å². The standard InChI is InChI=1S/C17H20ClN7O/c18-14-4-2-1-3-13(14)11-25-17-15(22-23-25)16(20-12-21-17)19-5-6-24-7-9-26-10-8-24/h1-4,12H,5-11H2,(H,19,20,21)/p+1. The molecule has 3 aromatic rings. The number of morpholine rings is 1. The van der Waals surface area contributed by atoms with Gasteiger partial charge in [0.25, 0.3) is 0 Å². The molecule has 1 aliphatic heterocycles. The molecule has 1 aliphatic rings. The molecule has 0 bridgehead atoms. The largest absolute Gasteiger partial charge is 0.370 e. The molecule has 2 N–H and O–H groups in total. The van der Waals surface area contributed by atoms with Crippen LogP contribution in [0, 0.1) is 0 Å². The number of hydrogen-bond acceptors (Lipinski definition) is 6. The van der Waals surface area contributed by atoms with Crippen LogP contribution in [0.2, 0.25) is 5.02 Å². The molecular weight excluding hydrogens is 354 g/mol. The first-order chi connectivity index (χ1) is 12.8. The van der Waals surface area contributed by atoms with Crippen LogP contribution in [-0.4, -0.2) is 64.4 Å². The number of quaternary nitrogens is 1. The molecule has 0 radical (unpaired) electrons. The van der Waals surface area contributed by atoms with Crippen molar-refractivity contribution < 1.29 is 9.64 Å². The minimum Gasteiger partial charge on any atom is -0.370 e. The van der Waals surface area contributed by atoms with Gasteiger partial charge in [0.05, 0.1) is 32.8 Å². The van der Waals surface area contributed by atoms with Crippen LogP contribution in [0.3, 0.4) is 0 Å². The topological polar surface area (TPSA) is 82.2 Å². The molecule has 136 valence electrons. The molecule has 0 atom stereocenters. The van der Waals surface area contributed by atoms with Crippen molar-refractivity contribution in [2.24, 2.45) is 0 Å². The molecule has 1 fully saturated rings. The first kappa shape index (κ1) is 17.1. The summed E-state index contributed by atoms with van der Waals surface area (Å²) in [6, 6.07) is 7.70. The van der Waals surface area contributed by atoms with Gasteiger partial charge in [0.15, 0.2) is 17.0 Å². The predicted octanol–water partition coefficient (Wildman–Crippen LogP) is 0.250. The van der Waals surface area contributed by atoms with Gasteiger partial charge in [0.2, 0.25) is 0 Å². The lowest BCUT2D eigenvalue weighted by Crippen LogP contribution is -3.14. The van der Waals surface area contributed by atoms with Gasteiger partial charge in [-0.2, -0.15) is 0 Å². The third-order valence-corrected chi connectivity index (χ3v) is 4.92. The molecule has 1 saturated heterocycles. The third kappa shape index (κ3) is 3.77. The zero-order valence-electron chi connectivity index (χ0n) is 14.4. The van der Waals surface area contributed by atoms with Gasteiger partial charge in [-0.3, -0.25) is 0 Å². The van der Waals surface area contributed by atoms with Crippen molar-refractivity contribution in [1.29, 1.82) is 0 Å². The van der Waals surface area contributed by atoms with Crippen LogP contribution in [0.4, 0.5) is 5.82 Å².